The van der Waals surface area contributed by atoms with Gasteiger partial charge in [0.05, 0.1) is 23.1 Å². The lowest BCUT2D eigenvalue weighted by atomic mass is 10.1. The summed E-state index contributed by atoms with van der Waals surface area (Å²) in [4.78, 5) is 25.4. The third-order valence-electron chi connectivity index (χ3n) is 4.53. The minimum absolute atomic E-state index is 0.281. The van der Waals surface area contributed by atoms with Crippen molar-refractivity contribution < 1.29 is 14.3 Å². The first-order valence-electron chi connectivity index (χ1n) is 9.17. The first-order valence-corrected chi connectivity index (χ1v) is 11.0. The fourth-order valence-electron chi connectivity index (χ4n) is 3.14. The number of esters is 1. The number of nitrogens with one attached hydrogen (secondary N) is 2. The molecule has 10 heteroatoms. The molecule has 1 aliphatic carbocycles. The number of hydrogen-bond donors (Lipinski definition) is 2. The molecule has 0 unspecified atom stereocenters. The summed E-state index contributed by atoms with van der Waals surface area (Å²) >= 11 is 3.11. The first kappa shape index (κ1) is 19.0. The molecule has 0 aromatic carbocycles. The summed E-state index contributed by atoms with van der Waals surface area (Å²) in [5.41, 5.74) is 1.01. The van der Waals surface area contributed by atoms with Crippen LogP contribution in [-0.2, 0) is 9.53 Å². The molecule has 2 N–H and O–H groups in total. The molecule has 1 saturated carbocycles. The number of nitrogens with zero attached hydrogens (tertiary/aromatic N) is 3. The number of ether oxygens (including phenoxy) is 1. The molecule has 3 heterocycles. The summed E-state index contributed by atoms with van der Waals surface area (Å²) in [6.45, 7) is 3.82. The van der Waals surface area contributed by atoms with Crippen LogP contribution in [0.3, 0.4) is 0 Å². The summed E-state index contributed by atoms with van der Waals surface area (Å²) < 4.78 is 7.34. The standard InChI is InChI=1S/C18H21N5O3S2/c1-3-26-16(24)14-10(2)19-17(25)20-12(14)9-28-18-22-21-15(13-5-4-8-27-13)23(18)11-6-7-11/h4-5,8,10-11H,3,6-7,9H2,1-2H3,(H2,19,20,25)/t10-/m0/s1. The maximum absolute atomic E-state index is 12.4. The van der Waals surface area contributed by atoms with E-state index in [1.54, 1.807) is 25.2 Å². The van der Waals surface area contributed by atoms with Crippen molar-refractivity contribution in [2.45, 2.75) is 43.9 Å². The minimum atomic E-state index is -0.416. The number of urea groups is 1. The van der Waals surface area contributed by atoms with Crippen molar-refractivity contribution in [1.29, 1.82) is 0 Å². The van der Waals surface area contributed by atoms with Gasteiger partial charge in [-0.25, -0.2) is 9.59 Å². The predicted molar refractivity (Wildman–Crippen MR) is 107 cm³/mol. The van der Waals surface area contributed by atoms with Crippen LogP contribution in [-0.4, -0.2) is 45.2 Å². The summed E-state index contributed by atoms with van der Waals surface area (Å²) in [7, 11) is 0. The van der Waals surface area contributed by atoms with Gasteiger partial charge in [0.1, 0.15) is 0 Å². The number of thioether (sulfide) groups is 1. The van der Waals surface area contributed by atoms with Crippen LogP contribution in [0.25, 0.3) is 10.7 Å². The van der Waals surface area contributed by atoms with E-state index < -0.39 is 12.0 Å². The van der Waals surface area contributed by atoms with Crippen molar-refractivity contribution in [3.05, 3.63) is 28.8 Å². The van der Waals surface area contributed by atoms with Crippen molar-refractivity contribution in [2.75, 3.05) is 12.4 Å². The molecule has 148 valence electrons. The van der Waals surface area contributed by atoms with E-state index in [-0.39, 0.29) is 12.6 Å². The molecule has 0 bridgehead atoms. The minimum Gasteiger partial charge on any atom is -0.463 e. The van der Waals surface area contributed by atoms with Gasteiger partial charge in [0.15, 0.2) is 11.0 Å². The lowest BCUT2D eigenvalue weighted by Gasteiger charge is -2.26. The van der Waals surface area contributed by atoms with Gasteiger partial charge in [0.25, 0.3) is 0 Å². The van der Waals surface area contributed by atoms with Crippen LogP contribution >= 0.6 is 23.1 Å². The second-order valence-electron chi connectivity index (χ2n) is 6.61. The zero-order valence-corrected chi connectivity index (χ0v) is 17.2. The van der Waals surface area contributed by atoms with Crippen LogP contribution in [0.4, 0.5) is 4.79 Å². The van der Waals surface area contributed by atoms with Crippen LogP contribution in [0.15, 0.2) is 33.9 Å². The average Bonchev–Trinajstić information content (AvgIpc) is 3.17. The summed E-state index contributed by atoms with van der Waals surface area (Å²) in [5.74, 6) is 0.865. The molecule has 0 radical (unpaired) electrons. The van der Waals surface area contributed by atoms with Crippen LogP contribution in [0.5, 0.6) is 0 Å². The van der Waals surface area contributed by atoms with Crippen LogP contribution in [0.1, 0.15) is 32.7 Å². The fourth-order valence-corrected chi connectivity index (χ4v) is 4.82. The largest absolute Gasteiger partial charge is 0.463 e. The number of carbonyl (C=O) groups is 2. The fraction of sp³-hybridized carbons (Fsp3) is 0.444. The normalized spacial score (nSPS) is 19.4. The van der Waals surface area contributed by atoms with E-state index in [4.69, 9.17) is 4.74 Å². The molecule has 8 nitrogen and oxygen atoms in total. The lowest BCUT2D eigenvalue weighted by molar-refractivity contribution is -0.138. The summed E-state index contributed by atoms with van der Waals surface area (Å²) in [5, 5.41) is 17.1. The molecule has 2 amide bonds. The summed E-state index contributed by atoms with van der Waals surface area (Å²) in [6.07, 6.45) is 2.22. The van der Waals surface area contributed by atoms with E-state index in [2.05, 4.69) is 25.4 Å². The van der Waals surface area contributed by atoms with Gasteiger partial charge in [-0.2, -0.15) is 0 Å². The first-order chi connectivity index (χ1) is 13.6. The van der Waals surface area contributed by atoms with E-state index in [0.29, 0.717) is 23.1 Å². The number of carbonyl (C=O) groups excluding carboxylic acids is 2. The molecule has 1 aliphatic heterocycles. The maximum Gasteiger partial charge on any atom is 0.337 e. The van der Waals surface area contributed by atoms with Crippen molar-refractivity contribution in [3.63, 3.8) is 0 Å². The van der Waals surface area contributed by atoms with Crippen LogP contribution < -0.4 is 10.6 Å². The topological polar surface area (TPSA) is 98.1 Å². The zero-order valence-electron chi connectivity index (χ0n) is 15.6. The van der Waals surface area contributed by atoms with E-state index in [1.807, 2.05) is 17.5 Å². The quantitative estimate of drug-likeness (QED) is 0.529. The van der Waals surface area contributed by atoms with E-state index in [0.717, 1.165) is 28.7 Å². The molecule has 2 aromatic heterocycles. The number of thiophene rings is 1. The second kappa shape index (κ2) is 7.96. The SMILES string of the molecule is CCOC(=O)C1=C(CSc2nnc(-c3cccs3)n2C2CC2)NC(=O)N[C@H]1C. The van der Waals surface area contributed by atoms with Crippen molar-refractivity contribution in [3.8, 4) is 10.7 Å². The molecule has 28 heavy (non-hydrogen) atoms. The van der Waals surface area contributed by atoms with E-state index in [1.165, 1.54) is 11.8 Å². The predicted octanol–water partition coefficient (Wildman–Crippen LogP) is 2.95. The maximum atomic E-state index is 12.4. The number of aromatic nitrogens is 3. The Bertz CT molecular complexity index is 918. The Kier molecular flexibility index (Phi) is 5.40. The van der Waals surface area contributed by atoms with Gasteiger partial charge in [-0.1, -0.05) is 17.8 Å². The molecule has 1 fully saturated rings. The number of amides is 2. The monoisotopic (exact) mass is 419 g/mol. The Morgan fingerprint density at radius 1 is 1.43 bits per heavy atom. The third-order valence-corrected chi connectivity index (χ3v) is 6.36. The Hall–Kier alpha value is -2.33. The Balaban J connectivity index is 1.60. The van der Waals surface area contributed by atoms with Gasteiger partial charge < -0.3 is 15.4 Å². The zero-order chi connectivity index (χ0) is 19.7. The van der Waals surface area contributed by atoms with Gasteiger partial charge in [-0.05, 0) is 38.1 Å². The van der Waals surface area contributed by atoms with Gasteiger partial charge in [-0.3, -0.25) is 4.57 Å². The van der Waals surface area contributed by atoms with Crippen LogP contribution in [0.2, 0.25) is 0 Å². The average molecular weight is 420 g/mol. The Morgan fingerprint density at radius 3 is 2.93 bits per heavy atom. The van der Waals surface area contributed by atoms with Crippen LogP contribution in [0, 0.1) is 0 Å². The molecule has 4 rings (SSSR count). The highest BCUT2D eigenvalue weighted by Gasteiger charge is 2.32. The summed E-state index contributed by atoms with van der Waals surface area (Å²) in [6, 6.07) is 3.72. The molecule has 1 atom stereocenters. The van der Waals surface area contributed by atoms with Crippen molar-refractivity contribution >= 4 is 35.1 Å². The number of rotatable bonds is 7. The molecule has 2 aromatic rings. The molecule has 0 spiro atoms. The highest BCUT2D eigenvalue weighted by molar-refractivity contribution is 7.99. The van der Waals surface area contributed by atoms with Crippen molar-refractivity contribution in [1.82, 2.24) is 25.4 Å². The Labute approximate surface area is 170 Å². The van der Waals surface area contributed by atoms with Gasteiger partial charge in [-0.15, -0.1) is 21.5 Å². The van der Waals surface area contributed by atoms with Gasteiger partial charge in [0.2, 0.25) is 0 Å². The van der Waals surface area contributed by atoms with Gasteiger partial charge >= 0.3 is 12.0 Å². The lowest BCUT2D eigenvalue weighted by Crippen LogP contribution is -2.49. The molecular weight excluding hydrogens is 398 g/mol. The van der Waals surface area contributed by atoms with Crippen molar-refractivity contribution in [2.24, 2.45) is 0 Å². The highest BCUT2D eigenvalue weighted by atomic mass is 32.2. The number of hydrogen-bond acceptors (Lipinski definition) is 7. The van der Waals surface area contributed by atoms with E-state index in [9.17, 15) is 9.59 Å². The molecule has 0 saturated heterocycles. The van der Waals surface area contributed by atoms with E-state index >= 15 is 0 Å². The molecular formula is C18H21N5O3S2. The smallest absolute Gasteiger partial charge is 0.337 e. The van der Waals surface area contributed by atoms with Gasteiger partial charge in [0, 0.05) is 17.5 Å². The highest BCUT2D eigenvalue weighted by Crippen LogP contribution is 2.42. The molecule has 2 aliphatic rings. The third kappa shape index (κ3) is 3.79. The Morgan fingerprint density at radius 2 is 2.25 bits per heavy atom. The second-order valence-corrected chi connectivity index (χ2v) is 8.50.